The van der Waals surface area contributed by atoms with Crippen LogP contribution in [0.15, 0.2) is 6.07 Å². The molecule has 1 aromatic heterocycles. The Kier molecular flexibility index (Phi) is 1.68. The van der Waals surface area contributed by atoms with Gasteiger partial charge in [-0.05, 0) is 0 Å². The van der Waals surface area contributed by atoms with E-state index in [0.29, 0.717) is 5.69 Å². The van der Waals surface area contributed by atoms with E-state index < -0.39 is 0 Å². The Morgan fingerprint density at radius 2 is 1.91 bits per heavy atom. The number of aromatic nitrogens is 1. The van der Waals surface area contributed by atoms with Gasteiger partial charge in [0.05, 0.1) is 0 Å². The second-order valence-corrected chi connectivity index (χ2v) is 2.66. The molecule has 1 rings (SSSR count). The lowest BCUT2D eigenvalue weighted by Crippen LogP contribution is -2.07. The van der Waals surface area contributed by atoms with Crippen molar-refractivity contribution in [1.29, 1.82) is 0 Å². The number of nitrogens with zero attached hydrogens (tertiary/aromatic N) is 2. The Bertz CT molecular complexity index is 266. The van der Waals surface area contributed by atoms with Gasteiger partial charge in [-0.3, -0.25) is 4.57 Å². The predicted molar refractivity (Wildman–Crippen MR) is 43.1 cm³/mol. The van der Waals surface area contributed by atoms with Crippen LogP contribution in [0.2, 0.25) is 0 Å². The van der Waals surface area contributed by atoms with Gasteiger partial charge in [-0.2, -0.15) is 0 Å². The third-order valence-corrected chi connectivity index (χ3v) is 1.64. The lowest BCUT2D eigenvalue weighted by Gasteiger charge is -2.09. The molecule has 62 valence electrons. The normalized spacial score (nSPS) is 10.1. The zero-order chi connectivity index (χ0) is 8.59. The number of anilines is 1. The van der Waals surface area contributed by atoms with Crippen LogP contribution in [-0.4, -0.2) is 28.9 Å². The summed E-state index contributed by atoms with van der Waals surface area (Å²) < 4.78 is 1.31. The van der Waals surface area contributed by atoms with Crippen molar-refractivity contribution in [3.8, 4) is 11.8 Å². The van der Waals surface area contributed by atoms with Crippen molar-refractivity contribution >= 4 is 5.69 Å². The first-order chi connectivity index (χ1) is 5.04. The molecule has 0 fully saturated rings. The molecule has 4 nitrogen and oxygen atoms in total. The monoisotopic (exact) mass is 156 g/mol. The number of aromatic hydroxyl groups is 2. The minimum Gasteiger partial charge on any atom is -0.494 e. The fourth-order valence-electron chi connectivity index (χ4n) is 0.893. The molecule has 0 bridgehead atoms. The first-order valence-corrected chi connectivity index (χ1v) is 3.29. The highest BCUT2D eigenvalue weighted by molar-refractivity contribution is 5.58. The molecule has 1 aromatic rings. The summed E-state index contributed by atoms with van der Waals surface area (Å²) in [6, 6.07) is 1.51. The van der Waals surface area contributed by atoms with Crippen molar-refractivity contribution in [1.82, 2.24) is 4.57 Å². The summed E-state index contributed by atoms with van der Waals surface area (Å²) in [4.78, 5) is 1.73. The van der Waals surface area contributed by atoms with E-state index in [0.717, 1.165) is 0 Å². The Labute approximate surface area is 65.3 Å². The molecule has 0 aliphatic rings. The van der Waals surface area contributed by atoms with E-state index in [2.05, 4.69) is 0 Å². The van der Waals surface area contributed by atoms with Crippen LogP contribution in [0.5, 0.6) is 11.8 Å². The second-order valence-electron chi connectivity index (χ2n) is 2.66. The summed E-state index contributed by atoms with van der Waals surface area (Å²) in [7, 11) is 5.20. The van der Waals surface area contributed by atoms with Gasteiger partial charge in [0, 0.05) is 27.2 Å². The summed E-state index contributed by atoms with van der Waals surface area (Å²) in [5.74, 6) is 0.138. The van der Waals surface area contributed by atoms with Gasteiger partial charge in [-0.25, -0.2) is 0 Å². The third-order valence-electron chi connectivity index (χ3n) is 1.64. The van der Waals surface area contributed by atoms with Gasteiger partial charge >= 0.3 is 0 Å². The maximum absolute atomic E-state index is 9.35. The van der Waals surface area contributed by atoms with E-state index in [4.69, 9.17) is 5.11 Å². The zero-order valence-electron chi connectivity index (χ0n) is 6.87. The standard InChI is InChI=1S/C7H12N2O2/c1-8(2)5-4-6(10)9(3)7(5)11/h4,10-11H,1-3H3. The van der Waals surface area contributed by atoms with Gasteiger partial charge in [-0.15, -0.1) is 0 Å². The molecular formula is C7H12N2O2. The highest BCUT2D eigenvalue weighted by Gasteiger charge is 2.11. The molecule has 1 heterocycles. The summed E-state index contributed by atoms with van der Waals surface area (Å²) in [5, 5.41) is 18.5. The van der Waals surface area contributed by atoms with Gasteiger partial charge in [-0.1, -0.05) is 0 Å². The minimum atomic E-state index is 0.0613. The summed E-state index contributed by atoms with van der Waals surface area (Å²) >= 11 is 0. The van der Waals surface area contributed by atoms with E-state index in [1.54, 1.807) is 26.0 Å². The molecule has 0 atom stereocenters. The second kappa shape index (κ2) is 2.38. The van der Waals surface area contributed by atoms with Crippen molar-refractivity contribution < 1.29 is 10.2 Å². The molecule has 0 saturated carbocycles. The van der Waals surface area contributed by atoms with Crippen LogP contribution in [0.4, 0.5) is 5.69 Å². The molecule has 0 amide bonds. The first kappa shape index (κ1) is 7.78. The molecule has 0 saturated heterocycles. The van der Waals surface area contributed by atoms with Crippen molar-refractivity contribution in [3.05, 3.63) is 6.07 Å². The maximum Gasteiger partial charge on any atom is 0.217 e. The van der Waals surface area contributed by atoms with Crippen LogP contribution in [-0.2, 0) is 7.05 Å². The van der Waals surface area contributed by atoms with Crippen LogP contribution in [0.1, 0.15) is 0 Å². The number of hydrogen-bond donors (Lipinski definition) is 2. The van der Waals surface area contributed by atoms with Gasteiger partial charge in [0.2, 0.25) is 5.88 Å². The molecule has 0 aromatic carbocycles. The topological polar surface area (TPSA) is 48.6 Å². The maximum atomic E-state index is 9.35. The molecule has 11 heavy (non-hydrogen) atoms. The smallest absolute Gasteiger partial charge is 0.217 e. The molecule has 0 aliphatic carbocycles. The fraction of sp³-hybridized carbons (Fsp3) is 0.429. The van der Waals surface area contributed by atoms with Crippen LogP contribution in [0, 0.1) is 0 Å². The average Bonchev–Trinajstić information content (AvgIpc) is 2.17. The molecule has 2 N–H and O–H groups in total. The van der Waals surface area contributed by atoms with Gasteiger partial charge in [0.1, 0.15) is 5.69 Å². The lowest BCUT2D eigenvalue weighted by atomic mass is 10.5. The largest absolute Gasteiger partial charge is 0.494 e. The molecule has 0 radical (unpaired) electrons. The van der Waals surface area contributed by atoms with Gasteiger partial charge in [0.15, 0.2) is 5.88 Å². The SMILES string of the molecule is CN(C)c1cc(O)n(C)c1O. The van der Waals surface area contributed by atoms with E-state index in [1.165, 1.54) is 10.6 Å². The van der Waals surface area contributed by atoms with E-state index >= 15 is 0 Å². The lowest BCUT2D eigenvalue weighted by molar-refractivity contribution is 0.387. The molecule has 0 unspecified atom stereocenters. The van der Waals surface area contributed by atoms with Crippen LogP contribution in [0.25, 0.3) is 0 Å². The van der Waals surface area contributed by atoms with E-state index in [-0.39, 0.29) is 11.8 Å². The Balaban J connectivity index is 3.19. The Hall–Kier alpha value is -1.32. The molecule has 4 heteroatoms. The fourth-order valence-corrected chi connectivity index (χ4v) is 0.893. The first-order valence-electron chi connectivity index (χ1n) is 3.29. The van der Waals surface area contributed by atoms with Crippen LogP contribution < -0.4 is 4.90 Å². The Morgan fingerprint density at radius 1 is 1.36 bits per heavy atom. The molecule has 0 aliphatic heterocycles. The minimum absolute atomic E-state index is 0.0613. The summed E-state index contributed by atoms with van der Waals surface area (Å²) in [5.41, 5.74) is 0.616. The quantitative estimate of drug-likeness (QED) is 0.622. The zero-order valence-corrected chi connectivity index (χ0v) is 6.87. The highest BCUT2D eigenvalue weighted by atomic mass is 16.3. The van der Waals surface area contributed by atoms with Crippen LogP contribution >= 0.6 is 0 Å². The Morgan fingerprint density at radius 3 is 2.09 bits per heavy atom. The van der Waals surface area contributed by atoms with E-state index in [9.17, 15) is 5.11 Å². The van der Waals surface area contributed by atoms with E-state index in [1.807, 2.05) is 0 Å². The van der Waals surface area contributed by atoms with Crippen LogP contribution in [0.3, 0.4) is 0 Å². The number of rotatable bonds is 1. The molecule has 0 spiro atoms. The van der Waals surface area contributed by atoms with Gasteiger partial charge < -0.3 is 15.1 Å². The summed E-state index contributed by atoms with van der Waals surface area (Å²) in [6.45, 7) is 0. The highest BCUT2D eigenvalue weighted by Crippen LogP contribution is 2.32. The predicted octanol–water partition coefficient (Wildman–Crippen LogP) is 0.502. The number of hydrogen-bond acceptors (Lipinski definition) is 3. The molecular weight excluding hydrogens is 144 g/mol. The van der Waals surface area contributed by atoms with Crippen molar-refractivity contribution in [2.75, 3.05) is 19.0 Å². The third kappa shape index (κ3) is 1.11. The van der Waals surface area contributed by atoms with Gasteiger partial charge in [0.25, 0.3) is 0 Å². The van der Waals surface area contributed by atoms with Crippen molar-refractivity contribution in [3.63, 3.8) is 0 Å². The van der Waals surface area contributed by atoms with Crippen molar-refractivity contribution in [2.45, 2.75) is 0 Å². The van der Waals surface area contributed by atoms with Crippen molar-refractivity contribution in [2.24, 2.45) is 7.05 Å². The summed E-state index contributed by atoms with van der Waals surface area (Å²) in [6.07, 6.45) is 0. The average molecular weight is 156 g/mol.